The van der Waals surface area contributed by atoms with E-state index in [0.29, 0.717) is 11.3 Å². The number of rotatable bonds is 7. The molecule has 0 saturated heterocycles. The average molecular weight is 309 g/mol. The first-order valence-corrected chi connectivity index (χ1v) is 6.67. The molecule has 0 unspecified atom stereocenters. The van der Waals surface area contributed by atoms with Crippen molar-refractivity contribution >= 4 is 17.5 Å². The van der Waals surface area contributed by atoms with Crippen LogP contribution in [0.2, 0.25) is 0 Å². The molecule has 1 aromatic rings. The maximum atomic E-state index is 11.7. The quantitative estimate of drug-likeness (QED) is 0.568. The van der Waals surface area contributed by atoms with Crippen molar-refractivity contribution in [3.05, 3.63) is 33.9 Å². The van der Waals surface area contributed by atoms with Crippen LogP contribution >= 0.6 is 0 Å². The molecule has 0 aliphatic carbocycles. The number of nitrogens with one attached hydrogen (secondary N) is 1. The van der Waals surface area contributed by atoms with Gasteiger partial charge in [0, 0.05) is 30.0 Å². The number of carbonyl (C=O) groups excluding carboxylic acids is 2. The van der Waals surface area contributed by atoms with Crippen molar-refractivity contribution in [3.8, 4) is 5.75 Å². The van der Waals surface area contributed by atoms with Crippen LogP contribution < -0.4 is 15.8 Å². The monoisotopic (exact) mass is 309 g/mol. The summed E-state index contributed by atoms with van der Waals surface area (Å²) in [6.07, 6.45) is 0.0125. The summed E-state index contributed by atoms with van der Waals surface area (Å²) in [5.74, 6) is -0.972. The molecule has 0 spiro atoms. The van der Waals surface area contributed by atoms with Crippen LogP contribution in [-0.2, 0) is 16.0 Å². The molecule has 0 aliphatic heterocycles. The molecule has 0 radical (unpaired) electrons. The third-order valence-electron chi connectivity index (χ3n) is 3.08. The minimum absolute atomic E-state index is 0.0125. The number of primary amides is 1. The predicted octanol–water partition coefficient (Wildman–Crippen LogP) is 0.772. The van der Waals surface area contributed by atoms with Crippen LogP contribution in [-0.4, -0.2) is 29.9 Å². The summed E-state index contributed by atoms with van der Waals surface area (Å²) in [6.45, 7) is 3.36. The molecule has 0 fully saturated rings. The normalized spacial score (nSPS) is 11.8. The molecule has 0 aliphatic rings. The second kappa shape index (κ2) is 7.39. The number of carbonyl (C=O) groups is 2. The SMILES string of the molecule is COc1ccc([N+](=O)[O-])cc1C[C@@H](NC(=O)C(C)C)C(N)=O. The lowest BCUT2D eigenvalue weighted by Gasteiger charge is -2.18. The van der Waals surface area contributed by atoms with E-state index >= 15 is 0 Å². The van der Waals surface area contributed by atoms with E-state index in [9.17, 15) is 19.7 Å². The number of ether oxygens (including phenoxy) is 1. The average Bonchev–Trinajstić information content (AvgIpc) is 2.45. The van der Waals surface area contributed by atoms with Gasteiger partial charge >= 0.3 is 0 Å². The second-order valence-corrected chi connectivity index (χ2v) is 5.08. The van der Waals surface area contributed by atoms with E-state index in [1.165, 1.54) is 25.3 Å². The van der Waals surface area contributed by atoms with Gasteiger partial charge in [-0.2, -0.15) is 0 Å². The molecule has 0 bridgehead atoms. The Hall–Kier alpha value is -2.64. The Labute approximate surface area is 127 Å². The molecule has 0 heterocycles. The highest BCUT2D eigenvalue weighted by Gasteiger charge is 2.23. The number of nitrogens with zero attached hydrogens (tertiary/aromatic N) is 1. The van der Waals surface area contributed by atoms with Crippen molar-refractivity contribution in [2.24, 2.45) is 11.7 Å². The van der Waals surface area contributed by atoms with E-state index in [2.05, 4.69) is 5.32 Å². The van der Waals surface area contributed by atoms with Gasteiger partial charge < -0.3 is 15.8 Å². The van der Waals surface area contributed by atoms with Crippen LogP contribution in [0.25, 0.3) is 0 Å². The maximum Gasteiger partial charge on any atom is 0.269 e. The first kappa shape index (κ1) is 17.4. The van der Waals surface area contributed by atoms with E-state index < -0.39 is 16.9 Å². The van der Waals surface area contributed by atoms with Crippen molar-refractivity contribution in [2.75, 3.05) is 7.11 Å². The second-order valence-electron chi connectivity index (χ2n) is 5.08. The van der Waals surface area contributed by atoms with Crippen molar-refractivity contribution in [1.29, 1.82) is 0 Å². The van der Waals surface area contributed by atoms with Crippen LogP contribution in [0, 0.1) is 16.0 Å². The van der Waals surface area contributed by atoms with E-state index in [4.69, 9.17) is 10.5 Å². The minimum atomic E-state index is -0.967. The molecule has 1 rings (SSSR count). The van der Waals surface area contributed by atoms with Gasteiger partial charge in [0.2, 0.25) is 11.8 Å². The van der Waals surface area contributed by atoms with Crippen molar-refractivity contribution in [3.63, 3.8) is 0 Å². The number of hydrogen-bond donors (Lipinski definition) is 2. The first-order valence-electron chi connectivity index (χ1n) is 6.67. The zero-order valence-electron chi connectivity index (χ0n) is 12.7. The Kier molecular flexibility index (Phi) is 5.85. The Morgan fingerprint density at radius 2 is 2.05 bits per heavy atom. The van der Waals surface area contributed by atoms with Gasteiger partial charge in [-0.05, 0) is 6.07 Å². The molecule has 2 amide bonds. The van der Waals surface area contributed by atoms with Crippen LogP contribution in [0.3, 0.4) is 0 Å². The molecule has 8 heteroatoms. The largest absolute Gasteiger partial charge is 0.496 e. The highest BCUT2D eigenvalue weighted by atomic mass is 16.6. The van der Waals surface area contributed by atoms with E-state index in [-0.39, 0.29) is 23.9 Å². The summed E-state index contributed by atoms with van der Waals surface area (Å²) in [7, 11) is 1.41. The van der Waals surface area contributed by atoms with Crippen LogP contribution in [0.4, 0.5) is 5.69 Å². The van der Waals surface area contributed by atoms with Crippen molar-refractivity contribution in [2.45, 2.75) is 26.3 Å². The molecule has 0 aromatic heterocycles. The summed E-state index contributed by atoms with van der Waals surface area (Å²) in [4.78, 5) is 33.5. The molecular formula is C14H19N3O5. The Morgan fingerprint density at radius 1 is 1.41 bits per heavy atom. The summed E-state index contributed by atoms with van der Waals surface area (Å²) in [6, 6.07) is 3.08. The topological polar surface area (TPSA) is 125 Å². The third kappa shape index (κ3) is 4.44. The zero-order valence-corrected chi connectivity index (χ0v) is 12.7. The molecular weight excluding hydrogens is 290 g/mol. The molecule has 1 atom stereocenters. The van der Waals surface area contributed by atoms with Gasteiger partial charge in [-0.3, -0.25) is 19.7 Å². The van der Waals surface area contributed by atoms with Gasteiger partial charge in [0.15, 0.2) is 0 Å². The molecule has 22 heavy (non-hydrogen) atoms. The summed E-state index contributed by atoms with van der Waals surface area (Å²) in [5, 5.41) is 13.4. The number of nitro groups is 1. The van der Waals surface area contributed by atoms with Gasteiger partial charge in [-0.25, -0.2) is 0 Å². The van der Waals surface area contributed by atoms with Gasteiger partial charge in [0.1, 0.15) is 11.8 Å². The number of non-ortho nitro benzene ring substituents is 1. The number of hydrogen-bond acceptors (Lipinski definition) is 5. The van der Waals surface area contributed by atoms with Crippen LogP contribution in [0.1, 0.15) is 19.4 Å². The Bertz CT molecular complexity index is 586. The molecule has 3 N–H and O–H groups in total. The zero-order chi connectivity index (χ0) is 16.9. The summed E-state index contributed by atoms with van der Waals surface area (Å²) < 4.78 is 5.13. The molecule has 120 valence electrons. The maximum absolute atomic E-state index is 11.7. The van der Waals surface area contributed by atoms with Gasteiger partial charge in [-0.1, -0.05) is 13.8 Å². The molecule has 8 nitrogen and oxygen atoms in total. The fourth-order valence-electron chi connectivity index (χ4n) is 1.82. The number of nitro benzene ring substituents is 1. The minimum Gasteiger partial charge on any atom is -0.496 e. The van der Waals surface area contributed by atoms with Crippen molar-refractivity contribution in [1.82, 2.24) is 5.32 Å². The van der Waals surface area contributed by atoms with E-state index in [1.807, 2.05) is 0 Å². The fourth-order valence-corrected chi connectivity index (χ4v) is 1.82. The third-order valence-corrected chi connectivity index (χ3v) is 3.08. The summed E-state index contributed by atoms with van der Waals surface area (Å²) in [5.41, 5.74) is 5.58. The predicted molar refractivity (Wildman–Crippen MR) is 79.3 cm³/mol. The van der Waals surface area contributed by atoms with Crippen molar-refractivity contribution < 1.29 is 19.2 Å². The van der Waals surface area contributed by atoms with E-state index in [0.717, 1.165) is 0 Å². The van der Waals surface area contributed by atoms with Gasteiger partial charge in [0.25, 0.3) is 5.69 Å². The highest BCUT2D eigenvalue weighted by molar-refractivity contribution is 5.87. The highest BCUT2D eigenvalue weighted by Crippen LogP contribution is 2.25. The standard InChI is InChI=1S/C14H19N3O5/c1-8(2)14(19)16-11(13(15)18)7-9-6-10(17(20)21)4-5-12(9)22-3/h4-6,8,11H,7H2,1-3H3,(H2,15,18)(H,16,19)/t11-/m1/s1. The number of benzene rings is 1. The summed E-state index contributed by atoms with van der Waals surface area (Å²) >= 11 is 0. The van der Waals surface area contributed by atoms with E-state index in [1.54, 1.807) is 13.8 Å². The Morgan fingerprint density at radius 3 is 2.50 bits per heavy atom. The number of amides is 2. The lowest BCUT2D eigenvalue weighted by atomic mass is 10.0. The number of methoxy groups -OCH3 is 1. The number of nitrogens with two attached hydrogens (primary N) is 1. The lowest BCUT2D eigenvalue weighted by Crippen LogP contribution is -2.47. The fraction of sp³-hybridized carbons (Fsp3) is 0.429. The smallest absolute Gasteiger partial charge is 0.269 e. The lowest BCUT2D eigenvalue weighted by molar-refractivity contribution is -0.384. The Balaban J connectivity index is 3.06. The molecule has 1 aromatic carbocycles. The van der Waals surface area contributed by atoms with Gasteiger partial charge in [0.05, 0.1) is 12.0 Å². The van der Waals surface area contributed by atoms with Crippen LogP contribution in [0.5, 0.6) is 5.75 Å². The molecule has 0 saturated carbocycles. The first-order chi connectivity index (χ1) is 10.3. The van der Waals surface area contributed by atoms with Crippen LogP contribution in [0.15, 0.2) is 18.2 Å². The van der Waals surface area contributed by atoms with Gasteiger partial charge in [-0.15, -0.1) is 0 Å².